The molecule has 0 unspecified atom stereocenters. The van der Waals surface area contributed by atoms with E-state index in [-0.39, 0.29) is 0 Å². The fourth-order valence-corrected chi connectivity index (χ4v) is 3.00. The van der Waals surface area contributed by atoms with E-state index in [0.29, 0.717) is 0 Å². The van der Waals surface area contributed by atoms with Gasteiger partial charge in [0.1, 0.15) is 0 Å². The van der Waals surface area contributed by atoms with Crippen molar-refractivity contribution in [1.29, 1.82) is 0 Å². The third kappa shape index (κ3) is 17.7. The van der Waals surface area contributed by atoms with Crippen LogP contribution in [0.15, 0.2) is 46.6 Å². The van der Waals surface area contributed by atoms with Crippen molar-refractivity contribution in [2.24, 2.45) is 0 Å². The standard InChI is InChI=1S/C23H42OSi/c1-20(2)12-9-13-21(3)14-10-15-22(4)16-11-17-23(5)18-19-24-25(6,7)8/h12,14,16,18H,9-11,13,15,17,19H2,1-8H3/b21-14+,22-16+,23-18+. The molecule has 0 saturated heterocycles. The van der Waals surface area contributed by atoms with E-state index >= 15 is 0 Å². The summed E-state index contributed by atoms with van der Waals surface area (Å²) in [6.45, 7) is 18.6. The molecule has 1 nitrogen and oxygen atoms in total. The zero-order chi connectivity index (χ0) is 19.3. The van der Waals surface area contributed by atoms with E-state index in [1.165, 1.54) is 48.0 Å². The number of hydrogen-bond acceptors (Lipinski definition) is 1. The van der Waals surface area contributed by atoms with Crippen LogP contribution >= 0.6 is 0 Å². The molecular weight excluding hydrogens is 320 g/mol. The van der Waals surface area contributed by atoms with Gasteiger partial charge in [0, 0.05) is 0 Å². The van der Waals surface area contributed by atoms with Gasteiger partial charge in [0.2, 0.25) is 0 Å². The maximum Gasteiger partial charge on any atom is 0.184 e. The van der Waals surface area contributed by atoms with Gasteiger partial charge in [-0.15, -0.1) is 0 Å². The van der Waals surface area contributed by atoms with Crippen LogP contribution in [0.4, 0.5) is 0 Å². The molecule has 0 aliphatic rings. The van der Waals surface area contributed by atoms with Crippen molar-refractivity contribution in [3.05, 3.63) is 46.6 Å². The smallest absolute Gasteiger partial charge is 0.184 e. The summed E-state index contributed by atoms with van der Waals surface area (Å²) in [5, 5.41) is 0. The maximum absolute atomic E-state index is 5.88. The Balaban J connectivity index is 4.01. The molecule has 0 fully saturated rings. The first-order chi connectivity index (χ1) is 11.6. The predicted molar refractivity (Wildman–Crippen MR) is 118 cm³/mol. The molecule has 0 heterocycles. The van der Waals surface area contributed by atoms with Gasteiger partial charge in [0.15, 0.2) is 8.32 Å². The summed E-state index contributed by atoms with van der Waals surface area (Å²) in [5.74, 6) is 0. The topological polar surface area (TPSA) is 9.23 Å². The van der Waals surface area contributed by atoms with Crippen LogP contribution in [0.2, 0.25) is 19.6 Å². The van der Waals surface area contributed by atoms with Crippen molar-refractivity contribution in [3.63, 3.8) is 0 Å². The van der Waals surface area contributed by atoms with E-state index < -0.39 is 8.32 Å². The highest BCUT2D eigenvalue weighted by molar-refractivity contribution is 6.69. The Hall–Kier alpha value is -0.863. The molecule has 0 saturated carbocycles. The van der Waals surface area contributed by atoms with Crippen molar-refractivity contribution in [2.45, 2.75) is 92.8 Å². The van der Waals surface area contributed by atoms with Crippen molar-refractivity contribution in [3.8, 4) is 0 Å². The van der Waals surface area contributed by atoms with Gasteiger partial charge < -0.3 is 4.43 Å². The lowest BCUT2D eigenvalue weighted by Gasteiger charge is -2.15. The molecule has 2 heteroatoms. The Morgan fingerprint density at radius 1 is 0.640 bits per heavy atom. The van der Waals surface area contributed by atoms with Crippen LogP contribution in [-0.4, -0.2) is 14.9 Å². The van der Waals surface area contributed by atoms with Gasteiger partial charge in [0.05, 0.1) is 6.61 Å². The normalized spacial score (nSPS) is 14.0. The van der Waals surface area contributed by atoms with Gasteiger partial charge in [0.25, 0.3) is 0 Å². The summed E-state index contributed by atoms with van der Waals surface area (Å²) in [5.41, 5.74) is 5.89. The van der Waals surface area contributed by atoms with E-state index in [2.05, 4.69) is 78.6 Å². The first kappa shape index (κ1) is 24.1. The van der Waals surface area contributed by atoms with E-state index in [1.54, 1.807) is 0 Å². The van der Waals surface area contributed by atoms with E-state index in [0.717, 1.165) is 19.4 Å². The summed E-state index contributed by atoms with van der Waals surface area (Å²) in [7, 11) is -1.38. The Bertz CT molecular complexity index is 483. The molecule has 0 aromatic rings. The average Bonchev–Trinajstić information content (AvgIpc) is 2.45. The molecule has 0 spiro atoms. The molecular formula is C23H42OSi. The van der Waals surface area contributed by atoms with Crippen molar-refractivity contribution in [2.75, 3.05) is 6.61 Å². The maximum atomic E-state index is 5.88. The second-order valence-corrected chi connectivity index (χ2v) is 13.0. The van der Waals surface area contributed by atoms with Crippen molar-refractivity contribution >= 4 is 8.32 Å². The van der Waals surface area contributed by atoms with Gasteiger partial charge in [-0.1, -0.05) is 46.6 Å². The van der Waals surface area contributed by atoms with Gasteiger partial charge in [-0.2, -0.15) is 0 Å². The molecule has 0 rings (SSSR count). The zero-order valence-electron chi connectivity index (χ0n) is 18.2. The van der Waals surface area contributed by atoms with Crippen LogP contribution < -0.4 is 0 Å². The second-order valence-electron chi connectivity index (χ2n) is 8.47. The van der Waals surface area contributed by atoms with Crippen LogP contribution in [0.1, 0.15) is 73.1 Å². The summed E-state index contributed by atoms with van der Waals surface area (Å²) in [6.07, 6.45) is 16.4. The number of rotatable bonds is 12. The Morgan fingerprint density at radius 3 is 1.44 bits per heavy atom. The quantitative estimate of drug-likeness (QED) is 0.252. The van der Waals surface area contributed by atoms with Gasteiger partial charge in [-0.05, 0) is 92.8 Å². The average molecular weight is 363 g/mol. The highest BCUT2D eigenvalue weighted by atomic mass is 28.4. The minimum Gasteiger partial charge on any atom is -0.414 e. The fraction of sp³-hybridized carbons (Fsp3) is 0.652. The van der Waals surface area contributed by atoms with Crippen molar-refractivity contribution in [1.82, 2.24) is 0 Å². The molecule has 0 aliphatic heterocycles. The molecule has 0 bridgehead atoms. The van der Waals surface area contributed by atoms with Crippen LogP contribution in [0.5, 0.6) is 0 Å². The Labute approximate surface area is 159 Å². The van der Waals surface area contributed by atoms with E-state index in [1.807, 2.05) is 0 Å². The monoisotopic (exact) mass is 362 g/mol. The third-order valence-corrected chi connectivity index (χ3v) is 5.14. The molecule has 144 valence electrons. The molecule has 0 aromatic carbocycles. The number of allylic oxidation sites excluding steroid dienone is 7. The van der Waals surface area contributed by atoms with Crippen LogP contribution in [0, 0.1) is 0 Å². The molecule has 0 aliphatic carbocycles. The fourth-order valence-electron chi connectivity index (χ4n) is 2.42. The molecule has 0 radical (unpaired) electrons. The lowest BCUT2D eigenvalue weighted by molar-refractivity contribution is 0.356. The predicted octanol–water partition coefficient (Wildman–Crippen LogP) is 7.98. The summed E-state index contributed by atoms with van der Waals surface area (Å²) >= 11 is 0. The largest absolute Gasteiger partial charge is 0.414 e. The molecule has 0 aromatic heterocycles. The van der Waals surface area contributed by atoms with Gasteiger partial charge in [-0.25, -0.2) is 0 Å². The zero-order valence-corrected chi connectivity index (χ0v) is 19.2. The second kappa shape index (κ2) is 13.4. The summed E-state index contributed by atoms with van der Waals surface area (Å²) in [4.78, 5) is 0. The van der Waals surface area contributed by atoms with Gasteiger partial charge >= 0.3 is 0 Å². The van der Waals surface area contributed by atoms with Crippen LogP contribution in [-0.2, 0) is 4.43 Å². The lowest BCUT2D eigenvalue weighted by atomic mass is 10.0. The van der Waals surface area contributed by atoms with Crippen LogP contribution in [0.3, 0.4) is 0 Å². The van der Waals surface area contributed by atoms with Crippen LogP contribution in [0.25, 0.3) is 0 Å². The SMILES string of the molecule is CC(C)=CCC/C(C)=C/CC/C(C)=C/CC/C(C)=C/CO[Si](C)(C)C. The molecule has 0 atom stereocenters. The highest BCUT2D eigenvalue weighted by Gasteiger charge is 2.12. The first-order valence-electron chi connectivity index (χ1n) is 9.84. The summed E-state index contributed by atoms with van der Waals surface area (Å²) < 4.78 is 5.88. The minimum atomic E-state index is -1.38. The molecule has 0 N–H and O–H groups in total. The summed E-state index contributed by atoms with van der Waals surface area (Å²) in [6, 6.07) is 0. The van der Waals surface area contributed by atoms with E-state index in [9.17, 15) is 0 Å². The minimum absolute atomic E-state index is 0.779. The van der Waals surface area contributed by atoms with Gasteiger partial charge in [-0.3, -0.25) is 0 Å². The van der Waals surface area contributed by atoms with Crippen molar-refractivity contribution < 1.29 is 4.43 Å². The number of hydrogen-bond donors (Lipinski definition) is 0. The molecule has 0 amide bonds. The molecule has 25 heavy (non-hydrogen) atoms. The Kier molecular flexibility index (Phi) is 12.9. The lowest BCUT2D eigenvalue weighted by Crippen LogP contribution is -2.25. The van der Waals surface area contributed by atoms with E-state index in [4.69, 9.17) is 4.43 Å². The first-order valence-corrected chi connectivity index (χ1v) is 13.2. The Morgan fingerprint density at radius 2 is 1.04 bits per heavy atom. The third-order valence-electron chi connectivity index (χ3n) is 4.10. The highest BCUT2D eigenvalue weighted by Crippen LogP contribution is 2.13.